The number of nitrogens with one attached hydrogen (secondary N) is 1. The van der Waals surface area contributed by atoms with Crippen molar-refractivity contribution >= 4 is 32.2 Å². The first-order chi connectivity index (χ1) is 11.9. The average Bonchev–Trinajstić information content (AvgIpc) is 3.02. The predicted octanol–water partition coefficient (Wildman–Crippen LogP) is 3.39. The molecule has 1 heterocycles. The van der Waals surface area contributed by atoms with Gasteiger partial charge in [-0.2, -0.15) is 0 Å². The molecule has 1 N–H and O–H groups in total. The number of thiazole rings is 1. The number of nitrogens with zero attached hydrogens (tertiary/aromatic N) is 1. The van der Waals surface area contributed by atoms with Crippen LogP contribution in [-0.2, 0) is 16.3 Å². The molecule has 0 spiro atoms. The maximum absolute atomic E-state index is 12.4. The number of rotatable bonds is 5. The summed E-state index contributed by atoms with van der Waals surface area (Å²) in [5, 5.41) is 3.12. The summed E-state index contributed by atoms with van der Waals surface area (Å²) < 4.78 is 23.6. The van der Waals surface area contributed by atoms with E-state index in [1.54, 1.807) is 18.3 Å². The number of amides is 1. The quantitative estimate of drug-likeness (QED) is 0.745. The van der Waals surface area contributed by atoms with Crippen molar-refractivity contribution < 1.29 is 13.2 Å². The van der Waals surface area contributed by atoms with Gasteiger partial charge in [0.2, 0.25) is 0 Å². The molecule has 7 heteroatoms. The van der Waals surface area contributed by atoms with E-state index in [1.165, 1.54) is 23.5 Å². The molecule has 0 aliphatic rings. The van der Waals surface area contributed by atoms with Crippen LogP contribution in [0.3, 0.4) is 0 Å². The van der Waals surface area contributed by atoms with Crippen LogP contribution in [0.2, 0.25) is 0 Å². The minimum atomic E-state index is -3.48. The van der Waals surface area contributed by atoms with E-state index < -0.39 is 15.7 Å². The van der Waals surface area contributed by atoms with Gasteiger partial charge < -0.3 is 0 Å². The molecule has 0 saturated carbocycles. The van der Waals surface area contributed by atoms with Crippen LogP contribution in [-0.4, -0.2) is 25.6 Å². The molecular formula is C18H16N2O3S2. The fraction of sp³-hybridized carbons (Fsp3) is 0.111. The third-order valence-corrected chi connectivity index (χ3v) is 5.59. The van der Waals surface area contributed by atoms with Gasteiger partial charge in [-0.15, -0.1) is 11.3 Å². The molecule has 1 amide bonds. The Hall–Kier alpha value is -2.51. The second kappa shape index (κ2) is 7.16. The smallest absolute Gasteiger partial charge is 0.258 e. The first-order valence-electron chi connectivity index (χ1n) is 7.52. The zero-order valence-corrected chi connectivity index (χ0v) is 15.1. The monoisotopic (exact) mass is 372 g/mol. The molecule has 0 unspecified atom stereocenters. The van der Waals surface area contributed by atoms with Crippen LogP contribution in [0.5, 0.6) is 0 Å². The molecule has 0 bridgehead atoms. The Kier molecular flexibility index (Phi) is 4.96. The van der Waals surface area contributed by atoms with Crippen LogP contribution >= 0.6 is 11.3 Å². The number of anilines is 1. The molecule has 5 nitrogen and oxygen atoms in total. The maximum Gasteiger partial charge on any atom is 0.258 e. The van der Waals surface area contributed by atoms with Gasteiger partial charge in [-0.05, 0) is 17.7 Å². The Morgan fingerprint density at radius 2 is 1.76 bits per heavy atom. The van der Waals surface area contributed by atoms with Crippen molar-refractivity contribution in [2.75, 3.05) is 11.6 Å². The number of benzene rings is 2. The summed E-state index contributed by atoms with van der Waals surface area (Å²) in [5.41, 5.74) is 1.27. The molecule has 3 rings (SSSR count). The second-order valence-electron chi connectivity index (χ2n) is 5.52. The van der Waals surface area contributed by atoms with Gasteiger partial charge >= 0.3 is 0 Å². The van der Waals surface area contributed by atoms with Gasteiger partial charge in [0.1, 0.15) is 0 Å². The van der Waals surface area contributed by atoms with E-state index >= 15 is 0 Å². The van der Waals surface area contributed by atoms with Crippen molar-refractivity contribution in [2.45, 2.75) is 11.3 Å². The summed E-state index contributed by atoms with van der Waals surface area (Å²) in [5.74, 6) is -0.485. The fourth-order valence-corrected chi connectivity index (χ4v) is 4.11. The lowest BCUT2D eigenvalue weighted by Crippen LogP contribution is -2.15. The number of aromatic nitrogens is 1. The highest BCUT2D eigenvalue weighted by atomic mass is 32.2. The van der Waals surface area contributed by atoms with Crippen molar-refractivity contribution in [1.29, 1.82) is 0 Å². The molecule has 128 valence electrons. The molecule has 3 aromatic rings. The average molecular weight is 372 g/mol. The lowest BCUT2D eigenvalue weighted by Gasteiger charge is -2.06. The highest BCUT2D eigenvalue weighted by Crippen LogP contribution is 2.23. The topological polar surface area (TPSA) is 76.1 Å². The van der Waals surface area contributed by atoms with Crippen molar-refractivity contribution in [1.82, 2.24) is 4.98 Å². The zero-order chi connectivity index (χ0) is 17.9. The summed E-state index contributed by atoms with van der Waals surface area (Å²) in [6, 6.07) is 16.1. The Bertz CT molecular complexity index is 996. The minimum Gasteiger partial charge on any atom is -0.298 e. The number of sulfone groups is 1. The van der Waals surface area contributed by atoms with E-state index in [1.807, 2.05) is 30.3 Å². The van der Waals surface area contributed by atoms with Crippen molar-refractivity contribution in [2.24, 2.45) is 0 Å². The Labute approximate surface area is 150 Å². The van der Waals surface area contributed by atoms with Crippen molar-refractivity contribution in [3.63, 3.8) is 0 Å². The molecule has 0 aliphatic heterocycles. The third kappa shape index (κ3) is 4.32. The Balaban J connectivity index is 1.77. The molecule has 2 aromatic carbocycles. The lowest BCUT2D eigenvalue weighted by atomic mass is 10.1. The van der Waals surface area contributed by atoms with Crippen LogP contribution in [0.1, 0.15) is 20.8 Å². The number of hydrogen-bond acceptors (Lipinski definition) is 5. The van der Waals surface area contributed by atoms with E-state index in [-0.39, 0.29) is 10.5 Å². The zero-order valence-electron chi connectivity index (χ0n) is 13.5. The van der Waals surface area contributed by atoms with Crippen molar-refractivity contribution in [3.05, 3.63) is 76.8 Å². The maximum atomic E-state index is 12.4. The molecule has 1 aromatic heterocycles. The second-order valence-corrected chi connectivity index (χ2v) is 8.62. The normalized spacial score (nSPS) is 11.2. The fourth-order valence-electron chi connectivity index (χ4n) is 2.39. The summed E-state index contributed by atoms with van der Waals surface area (Å²) >= 11 is 1.37. The molecule has 0 saturated heterocycles. The highest BCUT2D eigenvalue weighted by molar-refractivity contribution is 7.90. The van der Waals surface area contributed by atoms with E-state index in [0.717, 1.165) is 23.1 Å². The van der Waals surface area contributed by atoms with Gasteiger partial charge in [0, 0.05) is 23.8 Å². The minimum absolute atomic E-state index is 0.00793. The van der Waals surface area contributed by atoms with Gasteiger partial charge in [0.05, 0.1) is 10.5 Å². The highest BCUT2D eigenvalue weighted by Gasteiger charge is 2.19. The molecular weight excluding hydrogens is 356 g/mol. The lowest BCUT2D eigenvalue weighted by molar-refractivity contribution is 0.102. The van der Waals surface area contributed by atoms with Crippen LogP contribution in [0.4, 0.5) is 5.13 Å². The van der Waals surface area contributed by atoms with E-state index in [9.17, 15) is 13.2 Å². The first kappa shape index (κ1) is 17.3. The predicted molar refractivity (Wildman–Crippen MR) is 98.9 cm³/mol. The summed E-state index contributed by atoms with van der Waals surface area (Å²) in [4.78, 5) is 17.7. The SMILES string of the molecule is CS(=O)(=O)c1ccccc1C(=O)Nc1ncc(Cc2ccccc2)s1. The van der Waals surface area contributed by atoms with Gasteiger partial charge in [-0.3, -0.25) is 10.1 Å². The number of carbonyl (C=O) groups excluding carboxylic acids is 1. The molecule has 0 fully saturated rings. The largest absolute Gasteiger partial charge is 0.298 e. The number of carbonyl (C=O) groups is 1. The van der Waals surface area contributed by atoms with Crippen LogP contribution in [0.25, 0.3) is 0 Å². The molecule has 0 radical (unpaired) electrons. The number of hydrogen-bond donors (Lipinski definition) is 1. The van der Waals surface area contributed by atoms with E-state index in [2.05, 4.69) is 10.3 Å². The first-order valence-corrected chi connectivity index (χ1v) is 10.2. The molecule has 0 atom stereocenters. The summed E-state index contributed by atoms with van der Waals surface area (Å²) in [7, 11) is -3.48. The molecule has 25 heavy (non-hydrogen) atoms. The van der Waals surface area contributed by atoms with Crippen LogP contribution < -0.4 is 5.32 Å². The van der Waals surface area contributed by atoms with Crippen molar-refractivity contribution in [3.8, 4) is 0 Å². The Morgan fingerprint density at radius 3 is 2.48 bits per heavy atom. The third-order valence-electron chi connectivity index (χ3n) is 3.53. The molecule has 0 aliphatic carbocycles. The van der Waals surface area contributed by atoms with E-state index in [4.69, 9.17) is 0 Å². The van der Waals surface area contributed by atoms with Gasteiger partial charge in [-0.25, -0.2) is 13.4 Å². The standard InChI is InChI=1S/C18H16N2O3S2/c1-25(22,23)16-10-6-5-9-15(16)17(21)20-18-19-12-14(24-18)11-13-7-3-2-4-8-13/h2-10,12H,11H2,1H3,(H,19,20,21). The van der Waals surface area contributed by atoms with Gasteiger partial charge in [-0.1, -0.05) is 42.5 Å². The van der Waals surface area contributed by atoms with Crippen LogP contribution in [0.15, 0.2) is 65.7 Å². The van der Waals surface area contributed by atoms with E-state index in [0.29, 0.717) is 5.13 Å². The van der Waals surface area contributed by atoms with Gasteiger partial charge in [0.15, 0.2) is 15.0 Å². The summed E-state index contributed by atoms with van der Waals surface area (Å²) in [6.45, 7) is 0. The van der Waals surface area contributed by atoms with Gasteiger partial charge in [0.25, 0.3) is 5.91 Å². The van der Waals surface area contributed by atoms with Crippen LogP contribution in [0, 0.1) is 0 Å². The summed E-state index contributed by atoms with van der Waals surface area (Å²) in [6.07, 6.45) is 3.53. The Morgan fingerprint density at radius 1 is 1.08 bits per heavy atom.